The third kappa shape index (κ3) is 3.35. The second-order valence-electron chi connectivity index (χ2n) is 6.47. The maximum absolute atomic E-state index is 6.66. The molecule has 21 heavy (non-hydrogen) atoms. The highest BCUT2D eigenvalue weighted by molar-refractivity contribution is 7.11. The molecular formula is C18H24N2S. The number of nitrogens with zero attached hydrogens (tertiary/aromatic N) is 1. The Kier molecular flexibility index (Phi) is 4.14. The van der Waals surface area contributed by atoms with Crippen molar-refractivity contribution in [1.82, 2.24) is 4.98 Å². The Bertz CT molecular complexity index is 575. The van der Waals surface area contributed by atoms with Crippen LogP contribution < -0.4 is 5.73 Å². The van der Waals surface area contributed by atoms with Crippen molar-refractivity contribution in [1.29, 1.82) is 0 Å². The van der Waals surface area contributed by atoms with Crippen LogP contribution in [0.1, 0.15) is 52.7 Å². The van der Waals surface area contributed by atoms with Crippen LogP contribution in [-0.2, 0) is 6.42 Å². The maximum Gasteiger partial charge on any atom is 0.0949 e. The van der Waals surface area contributed by atoms with Crippen molar-refractivity contribution in [3.05, 3.63) is 51.5 Å². The summed E-state index contributed by atoms with van der Waals surface area (Å²) in [5.74, 6) is 0.683. The largest absolute Gasteiger partial charge is 0.325 e. The van der Waals surface area contributed by atoms with Crippen molar-refractivity contribution in [2.45, 2.75) is 57.4 Å². The Morgan fingerprint density at radius 2 is 1.86 bits per heavy atom. The van der Waals surface area contributed by atoms with Crippen LogP contribution in [0.15, 0.2) is 30.3 Å². The van der Waals surface area contributed by atoms with E-state index in [2.05, 4.69) is 49.2 Å². The highest BCUT2D eigenvalue weighted by Crippen LogP contribution is 2.38. The van der Waals surface area contributed by atoms with E-state index in [0.29, 0.717) is 5.92 Å². The Hall–Kier alpha value is -1.19. The Labute approximate surface area is 131 Å². The molecule has 0 spiro atoms. The van der Waals surface area contributed by atoms with Crippen molar-refractivity contribution >= 4 is 11.3 Å². The number of hydrogen-bond acceptors (Lipinski definition) is 3. The first kappa shape index (κ1) is 14.7. The van der Waals surface area contributed by atoms with E-state index in [-0.39, 0.29) is 5.54 Å². The van der Waals surface area contributed by atoms with Crippen molar-refractivity contribution in [2.75, 3.05) is 0 Å². The zero-order chi connectivity index (χ0) is 14.9. The first-order valence-electron chi connectivity index (χ1n) is 7.82. The van der Waals surface area contributed by atoms with Gasteiger partial charge < -0.3 is 5.73 Å². The second-order valence-corrected chi connectivity index (χ2v) is 7.76. The molecule has 1 aliphatic carbocycles. The highest BCUT2D eigenvalue weighted by atomic mass is 32.1. The molecule has 2 aromatic rings. The number of rotatable bonds is 3. The Morgan fingerprint density at radius 1 is 1.19 bits per heavy atom. The summed E-state index contributed by atoms with van der Waals surface area (Å²) in [6.07, 6.45) is 5.54. The number of hydrogen-bond donors (Lipinski definition) is 1. The van der Waals surface area contributed by atoms with Crippen LogP contribution in [0.4, 0.5) is 0 Å². The molecule has 2 N–H and O–H groups in total. The highest BCUT2D eigenvalue weighted by Gasteiger charge is 2.33. The van der Waals surface area contributed by atoms with Crippen LogP contribution >= 0.6 is 11.3 Å². The van der Waals surface area contributed by atoms with E-state index in [1.165, 1.54) is 28.3 Å². The molecule has 0 saturated heterocycles. The fourth-order valence-corrected chi connectivity index (χ4v) is 4.43. The van der Waals surface area contributed by atoms with Crippen molar-refractivity contribution < 1.29 is 0 Å². The molecule has 2 nitrogen and oxygen atoms in total. The molecule has 0 unspecified atom stereocenters. The van der Waals surface area contributed by atoms with Gasteiger partial charge in [-0.15, -0.1) is 11.3 Å². The molecular weight excluding hydrogens is 276 g/mol. The average molecular weight is 300 g/mol. The molecule has 1 aromatic heterocycles. The lowest BCUT2D eigenvalue weighted by Gasteiger charge is -2.37. The van der Waals surface area contributed by atoms with Crippen molar-refractivity contribution in [2.24, 2.45) is 5.73 Å². The molecule has 0 aliphatic heterocycles. The molecule has 1 aliphatic rings. The smallest absolute Gasteiger partial charge is 0.0949 e. The minimum atomic E-state index is -0.0536. The lowest BCUT2D eigenvalue weighted by atomic mass is 9.73. The van der Waals surface area contributed by atoms with Crippen LogP contribution in [-0.4, -0.2) is 10.5 Å². The van der Waals surface area contributed by atoms with E-state index in [9.17, 15) is 0 Å². The van der Waals surface area contributed by atoms with Gasteiger partial charge >= 0.3 is 0 Å². The fraction of sp³-hybridized carbons (Fsp3) is 0.500. The minimum absolute atomic E-state index is 0.0536. The summed E-state index contributed by atoms with van der Waals surface area (Å²) in [6.45, 7) is 4.23. The number of thiazole rings is 1. The third-order valence-corrected chi connectivity index (χ3v) is 5.90. The monoisotopic (exact) mass is 300 g/mol. The van der Waals surface area contributed by atoms with E-state index < -0.39 is 0 Å². The van der Waals surface area contributed by atoms with E-state index in [1.54, 1.807) is 0 Å². The van der Waals surface area contributed by atoms with Gasteiger partial charge in [0.15, 0.2) is 0 Å². The predicted octanol–water partition coefficient (Wildman–Crippen LogP) is 4.36. The lowest BCUT2D eigenvalue weighted by molar-refractivity contribution is 0.270. The minimum Gasteiger partial charge on any atom is -0.325 e. The number of benzene rings is 1. The standard InChI is InChI=1S/C18H24N2S/c1-13-14(2)21-17(20-13)12-18(19)10-8-16(9-11-18)15-6-4-3-5-7-15/h3-7,16H,8-12,19H2,1-2H3. The summed E-state index contributed by atoms with van der Waals surface area (Å²) in [5, 5.41) is 1.21. The predicted molar refractivity (Wildman–Crippen MR) is 89.9 cm³/mol. The van der Waals surface area contributed by atoms with Gasteiger partial charge in [0.25, 0.3) is 0 Å². The van der Waals surface area contributed by atoms with E-state index in [0.717, 1.165) is 25.0 Å². The van der Waals surface area contributed by atoms with E-state index in [1.807, 2.05) is 11.3 Å². The molecule has 0 radical (unpaired) electrons. The van der Waals surface area contributed by atoms with Gasteiger partial charge in [-0.25, -0.2) is 4.98 Å². The summed E-state index contributed by atoms with van der Waals surface area (Å²) in [4.78, 5) is 5.99. The van der Waals surface area contributed by atoms with Crippen LogP contribution in [0.3, 0.4) is 0 Å². The summed E-state index contributed by atoms with van der Waals surface area (Å²) >= 11 is 1.81. The SMILES string of the molecule is Cc1nc(CC2(N)CCC(c3ccccc3)CC2)sc1C. The van der Waals surface area contributed by atoms with Gasteiger partial charge in [-0.3, -0.25) is 0 Å². The Morgan fingerprint density at radius 3 is 2.43 bits per heavy atom. The maximum atomic E-state index is 6.66. The van der Waals surface area contributed by atoms with E-state index >= 15 is 0 Å². The topological polar surface area (TPSA) is 38.9 Å². The zero-order valence-corrected chi connectivity index (χ0v) is 13.7. The molecule has 0 amide bonds. The summed E-state index contributed by atoms with van der Waals surface area (Å²) in [5.41, 5.74) is 9.24. The molecule has 1 saturated carbocycles. The molecule has 3 heteroatoms. The van der Waals surface area contributed by atoms with Gasteiger partial charge in [0.05, 0.1) is 10.7 Å². The quantitative estimate of drug-likeness (QED) is 0.915. The van der Waals surface area contributed by atoms with Crippen LogP contribution in [0, 0.1) is 13.8 Å². The molecule has 0 bridgehead atoms. The molecule has 1 heterocycles. The van der Waals surface area contributed by atoms with Crippen molar-refractivity contribution in [3.63, 3.8) is 0 Å². The molecule has 1 aromatic carbocycles. The van der Waals surface area contributed by atoms with Gasteiger partial charge in [-0.05, 0) is 51.0 Å². The number of aromatic nitrogens is 1. The Balaban J connectivity index is 1.64. The van der Waals surface area contributed by atoms with Gasteiger partial charge in [0, 0.05) is 16.8 Å². The number of aryl methyl sites for hydroxylation is 2. The first-order chi connectivity index (χ1) is 10.1. The van der Waals surface area contributed by atoms with Crippen LogP contribution in [0.2, 0.25) is 0 Å². The summed E-state index contributed by atoms with van der Waals surface area (Å²) in [7, 11) is 0. The zero-order valence-electron chi connectivity index (χ0n) is 12.9. The van der Waals surface area contributed by atoms with Crippen molar-refractivity contribution in [3.8, 4) is 0 Å². The molecule has 112 valence electrons. The molecule has 3 rings (SSSR count). The van der Waals surface area contributed by atoms with Gasteiger partial charge in [0.1, 0.15) is 0 Å². The van der Waals surface area contributed by atoms with E-state index in [4.69, 9.17) is 5.73 Å². The normalized spacial score (nSPS) is 26.0. The molecule has 1 fully saturated rings. The van der Waals surface area contributed by atoms with Crippen LogP contribution in [0.25, 0.3) is 0 Å². The van der Waals surface area contributed by atoms with Gasteiger partial charge in [0.2, 0.25) is 0 Å². The van der Waals surface area contributed by atoms with Gasteiger partial charge in [-0.1, -0.05) is 30.3 Å². The van der Waals surface area contributed by atoms with Gasteiger partial charge in [-0.2, -0.15) is 0 Å². The second kappa shape index (κ2) is 5.90. The number of nitrogens with two attached hydrogens (primary N) is 1. The lowest BCUT2D eigenvalue weighted by Crippen LogP contribution is -2.45. The molecule has 0 atom stereocenters. The summed E-state index contributed by atoms with van der Waals surface area (Å²) in [6, 6.07) is 10.9. The average Bonchev–Trinajstić information content (AvgIpc) is 2.78. The first-order valence-corrected chi connectivity index (χ1v) is 8.64. The summed E-state index contributed by atoms with van der Waals surface area (Å²) < 4.78 is 0. The third-order valence-electron chi connectivity index (χ3n) is 4.83. The van der Waals surface area contributed by atoms with Crippen LogP contribution in [0.5, 0.6) is 0 Å². The fourth-order valence-electron chi connectivity index (χ4n) is 3.34.